The summed E-state index contributed by atoms with van der Waals surface area (Å²) in [5.74, 6) is 0.672. The first-order valence-electron chi connectivity index (χ1n) is 4.19. The number of allylic oxidation sites excluding steroid dienone is 1. The van der Waals surface area contributed by atoms with E-state index >= 15 is 0 Å². The van der Waals surface area contributed by atoms with Crippen molar-refractivity contribution in [2.24, 2.45) is 0 Å². The maximum atomic E-state index is 2.30. The van der Waals surface area contributed by atoms with Crippen LogP contribution >= 0.6 is 0 Å². The maximum absolute atomic E-state index is 2.30. The van der Waals surface area contributed by atoms with Crippen LogP contribution in [0.4, 0.5) is 0 Å². The fourth-order valence-electron chi connectivity index (χ4n) is 1.68. The normalized spacial score (nSPS) is 18.6. The molecule has 1 aromatic rings. The van der Waals surface area contributed by atoms with Gasteiger partial charge in [-0.1, -0.05) is 43.3 Å². The van der Waals surface area contributed by atoms with Gasteiger partial charge < -0.3 is 0 Å². The molecule has 12 heavy (non-hydrogen) atoms. The third kappa shape index (κ3) is 1.61. The first-order valence-corrected chi connectivity index (χ1v) is 4.19. The monoisotopic (exact) mass is 234 g/mol. The molecule has 0 aromatic heterocycles. The predicted octanol–water partition coefficient (Wildman–Crippen LogP) is 3.20. The summed E-state index contributed by atoms with van der Waals surface area (Å²) in [6.07, 6.45) is 5.74. The Labute approximate surface area is 92.8 Å². The second-order valence-corrected chi connectivity index (χ2v) is 3.00. The van der Waals surface area contributed by atoms with Crippen LogP contribution in [0.25, 0.3) is 6.08 Å². The fourth-order valence-corrected chi connectivity index (χ4v) is 1.68. The van der Waals surface area contributed by atoms with E-state index in [2.05, 4.69) is 43.3 Å². The summed E-state index contributed by atoms with van der Waals surface area (Å²) >= 11 is 0. The number of hydrogen-bond donors (Lipinski definition) is 0. The summed E-state index contributed by atoms with van der Waals surface area (Å²) in [6.45, 7) is 2.23. The third-order valence-electron chi connectivity index (χ3n) is 2.34. The molecule has 0 amide bonds. The Bertz CT molecular complexity index is 289. The Hall–Kier alpha value is -0.157. The molecular weight excluding hydrogens is 223 g/mol. The largest absolute Gasteiger partial charge is 0.0764 e. The van der Waals surface area contributed by atoms with E-state index in [9.17, 15) is 0 Å². The van der Waals surface area contributed by atoms with Crippen LogP contribution in [0.15, 0.2) is 30.3 Å². The Morgan fingerprint density at radius 1 is 1.25 bits per heavy atom. The van der Waals surface area contributed by atoms with E-state index in [1.807, 2.05) is 0 Å². The van der Waals surface area contributed by atoms with Crippen molar-refractivity contribution in [2.45, 2.75) is 19.3 Å². The molecule has 0 bridgehead atoms. The van der Waals surface area contributed by atoms with Gasteiger partial charge >= 0.3 is 0 Å². The average molecular weight is 235 g/mol. The van der Waals surface area contributed by atoms with Crippen molar-refractivity contribution < 1.29 is 26.2 Å². The van der Waals surface area contributed by atoms with Crippen molar-refractivity contribution in [3.05, 3.63) is 41.5 Å². The van der Waals surface area contributed by atoms with Gasteiger partial charge in [-0.15, -0.1) is 0 Å². The minimum absolute atomic E-state index is 0. The Morgan fingerprint density at radius 2 is 2.00 bits per heavy atom. The van der Waals surface area contributed by atoms with Gasteiger partial charge in [0.05, 0.1) is 0 Å². The van der Waals surface area contributed by atoms with Crippen molar-refractivity contribution in [3.63, 3.8) is 0 Å². The molecular formula is C11H12Zr. The Morgan fingerprint density at radius 3 is 2.75 bits per heavy atom. The minimum Gasteiger partial charge on any atom is -0.0764 e. The quantitative estimate of drug-likeness (QED) is 0.701. The molecule has 0 spiro atoms. The van der Waals surface area contributed by atoms with Crippen LogP contribution in [0, 0.1) is 0 Å². The van der Waals surface area contributed by atoms with Crippen molar-refractivity contribution in [2.75, 3.05) is 0 Å². The smallest absolute Gasteiger partial charge is 0.00246 e. The fraction of sp³-hybridized carbons (Fsp3) is 0.273. The molecule has 1 heteroatoms. The van der Waals surface area contributed by atoms with Crippen LogP contribution < -0.4 is 0 Å². The van der Waals surface area contributed by atoms with Crippen LogP contribution in [0.5, 0.6) is 0 Å². The van der Waals surface area contributed by atoms with Gasteiger partial charge in [0, 0.05) is 32.1 Å². The standard InChI is InChI=1S/C11H12.Zr/c1-2-9-7-8-10-5-3-4-6-11(9)10;/h3-9H,2H2,1H3;. The van der Waals surface area contributed by atoms with E-state index in [0.29, 0.717) is 5.92 Å². The molecule has 0 saturated heterocycles. The first-order chi connectivity index (χ1) is 5.42. The number of fused-ring (bicyclic) bond motifs is 1. The van der Waals surface area contributed by atoms with Gasteiger partial charge in [-0.3, -0.25) is 0 Å². The molecule has 2 rings (SSSR count). The third-order valence-corrected chi connectivity index (χ3v) is 2.34. The average Bonchev–Trinajstić information content (AvgIpc) is 2.47. The number of hydrogen-bond acceptors (Lipinski definition) is 0. The number of rotatable bonds is 1. The number of benzene rings is 1. The first kappa shape index (κ1) is 9.93. The second kappa shape index (κ2) is 4.19. The van der Waals surface area contributed by atoms with Gasteiger partial charge in [-0.05, 0) is 17.5 Å². The predicted molar refractivity (Wildman–Crippen MR) is 48.5 cm³/mol. The van der Waals surface area contributed by atoms with Gasteiger partial charge in [-0.25, -0.2) is 0 Å². The summed E-state index contributed by atoms with van der Waals surface area (Å²) in [7, 11) is 0. The van der Waals surface area contributed by atoms with E-state index in [4.69, 9.17) is 0 Å². The second-order valence-electron chi connectivity index (χ2n) is 3.00. The van der Waals surface area contributed by atoms with E-state index in [1.165, 1.54) is 17.5 Å². The van der Waals surface area contributed by atoms with E-state index < -0.39 is 0 Å². The molecule has 0 saturated carbocycles. The van der Waals surface area contributed by atoms with Gasteiger partial charge in [0.2, 0.25) is 0 Å². The zero-order valence-corrected chi connectivity index (χ0v) is 9.71. The molecule has 0 nitrogen and oxygen atoms in total. The SMILES string of the molecule is CCC1C=Cc2ccccc21.[Zr]. The molecule has 1 aliphatic carbocycles. The summed E-state index contributed by atoms with van der Waals surface area (Å²) < 4.78 is 0. The summed E-state index contributed by atoms with van der Waals surface area (Å²) in [6, 6.07) is 8.63. The van der Waals surface area contributed by atoms with Gasteiger partial charge in [0.1, 0.15) is 0 Å². The molecule has 0 heterocycles. The van der Waals surface area contributed by atoms with Crippen LogP contribution in [0.3, 0.4) is 0 Å². The van der Waals surface area contributed by atoms with E-state index in [-0.39, 0.29) is 26.2 Å². The van der Waals surface area contributed by atoms with Crippen molar-refractivity contribution in [3.8, 4) is 0 Å². The molecule has 1 aromatic carbocycles. The van der Waals surface area contributed by atoms with Crippen molar-refractivity contribution >= 4 is 6.08 Å². The van der Waals surface area contributed by atoms with Crippen LogP contribution in [-0.2, 0) is 26.2 Å². The van der Waals surface area contributed by atoms with E-state index in [1.54, 1.807) is 0 Å². The van der Waals surface area contributed by atoms with Gasteiger partial charge in [0.15, 0.2) is 0 Å². The van der Waals surface area contributed by atoms with Crippen LogP contribution in [0.1, 0.15) is 30.4 Å². The van der Waals surface area contributed by atoms with Gasteiger partial charge in [-0.2, -0.15) is 0 Å². The summed E-state index contributed by atoms with van der Waals surface area (Å²) in [5.41, 5.74) is 2.90. The van der Waals surface area contributed by atoms with Crippen LogP contribution in [0.2, 0.25) is 0 Å². The zero-order chi connectivity index (χ0) is 7.68. The zero-order valence-electron chi connectivity index (χ0n) is 7.25. The molecule has 60 valence electrons. The van der Waals surface area contributed by atoms with Crippen LogP contribution in [-0.4, -0.2) is 0 Å². The molecule has 1 atom stereocenters. The summed E-state index contributed by atoms with van der Waals surface area (Å²) in [4.78, 5) is 0. The molecule has 1 unspecified atom stereocenters. The molecule has 1 aliphatic rings. The Balaban J connectivity index is 0.000000720. The molecule has 0 radical (unpaired) electrons. The molecule has 0 aliphatic heterocycles. The Kier molecular flexibility index (Phi) is 3.46. The van der Waals surface area contributed by atoms with Crippen molar-refractivity contribution in [1.29, 1.82) is 0 Å². The van der Waals surface area contributed by atoms with Crippen molar-refractivity contribution in [1.82, 2.24) is 0 Å². The van der Waals surface area contributed by atoms with Gasteiger partial charge in [0.25, 0.3) is 0 Å². The topological polar surface area (TPSA) is 0 Å². The minimum atomic E-state index is 0. The molecule has 0 N–H and O–H groups in total. The molecule has 0 fully saturated rings. The summed E-state index contributed by atoms with van der Waals surface area (Å²) in [5, 5.41) is 0. The maximum Gasteiger partial charge on any atom is 0.00246 e. The van der Waals surface area contributed by atoms with E-state index in [0.717, 1.165) is 0 Å².